The van der Waals surface area contributed by atoms with Gasteiger partial charge in [0.05, 0.1) is 10.0 Å². The highest BCUT2D eigenvalue weighted by molar-refractivity contribution is 6.42. The number of hydrogen-bond donors (Lipinski definition) is 3. The molecule has 1 atom stereocenters. The molecule has 2 rings (SSSR count). The van der Waals surface area contributed by atoms with Crippen LogP contribution in [0.3, 0.4) is 0 Å². The van der Waals surface area contributed by atoms with Gasteiger partial charge >= 0.3 is 0 Å². The first-order chi connectivity index (χ1) is 9.58. The molecule has 1 unspecified atom stereocenters. The molecule has 6 heteroatoms. The van der Waals surface area contributed by atoms with Gasteiger partial charge in [-0.05, 0) is 48.2 Å². The Balaban J connectivity index is 2.07. The average molecular weight is 311 g/mol. The molecule has 1 heterocycles. The first kappa shape index (κ1) is 15.1. The molecule has 5 N–H and O–H groups in total. The van der Waals surface area contributed by atoms with Gasteiger partial charge in [0.15, 0.2) is 0 Å². The van der Waals surface area contributed by atoms with Crippen LogP contribution in [0, 0.1) is 0 Å². The van der Waals surface area contributed by atoms with Gasteiger partial charge in [-0.15, -0.1) is 0 Å². The number of anilines is 1. The SMILES string of the molecule is NNC(Cc1ccnc(N)c1)Cc1ccc(Cl)c(Cl)c1. The maximum absolute atomic E-state index is 6.01. The van der Waals surface area contributed by atoms with Crippen molar-refractivity contribution in [1.29, 1.82) is 0 Å². The van der Waals surface area contributed by atoms with Crippen LogP contribution in [0.25, 0.3) is 0 Å². The van der Waals surface area contributed by atoms with Gasteiger partial charge in [0.2, 0.25) is 0 Å². The Morgan fingerprint density at radius 3 is 2.35 bits per heavy atom. The zero-order valence-corrected chi connectivity index (χ0v) is 12.3. The van der Waals surface area contributed by atoms with Crippen LogP contribution in [0.5, 0.6) is 0 Å². The number of halogens is 2. The van der Waals surface area contributed by atoms with Crippen LogP contribution in [-0.4, -0.2) is 11.0 Å². The van der Waals surface area contributed by atoms with Crippen LogP contribution in [0.2, 0.25) is 10.0 Å². The van der Waals surface area contributed by atoms with Crippen molar-refractivity contribution in [3.8, 4) is 0 Å². The minimum atomic E-state index is 0.0778. The second-order valence-corrected chi connectivity index (χ2v) is 5.42. The Hall–Kier alpha value is -1.33. The molecule has 0 aliphatic heterocycles. The Morgan fingerprint density at radius 1 is 1.05 bits per heavy atom. The van der Waals surface area contributed by atoms with Crippen LogP contribution >= 0.6 is 23.2 Å². The lowest BCUT2D eigenvalue weighted by molar-refractivity contribution is 0.522. The average Bonchev–Trinajstić information content (AvgIpc) is 2.42. The van der Waals surface area contributed by atoms with E-state index in [-0.39, 0.29) is 6.04 Å². The summed E-state index contributed by atoms with van der Waals surface area (Å²) in [7, 11) is 0. The van der Waals surface area contributed by atoms with Gasteiger partial charge in [-0.2, -0.15) is 0 Å². The molecule has 0 saturated heterocycles. The van der Waals surface area contributed by atoms with E-state index in [1.807, 2.05) is 24.3 Å². The second-order valence-electron chi connectivity index (χ2n) is 4.61. The van der Waals surface area contributed by atoms with Gasteiger partial charge in [-0.25, -0.2) is 4.98 Å². The Bertz CT molecular complexity index is 589. The van der Waals surface area contributed by atoms with Crippen molar-refractivity contribution in [1.82, 2.24) is 10.4 Å². The first-order valence-electron chi connectivity index (χ1n) is 6.19. The maximum atomic E-state index is 6.01. The second kappa shape index (κ2) is 6.90. The fourth-order valence-electron chi connectivity index (χ4n) is 2.05. The largest absolute Gasteiger partial charge is 0.384 e. The summed E-state index contributed by atoms with van der Waals surface area (Å²) in [6, 6.07) is 9.44. The molecule has 0 fully saturated rings. The van der Waals surface area contributed by atoms with E-state index in [1.165, 1.54) is 0 Å². The van der Waals surface area contributed by atoms with Gasteiger partial charge in [0.1, 0.15) is 5.82 Å². The van der Waals surface area contributed by atoms with E-state index < -0.39 is 0 Å². The molecule has 0 radical (unpaired) electrons. The van der Waals surface area contributed by atoms with Crippen LogP contribution in [0.1, 0.15) is 11.1 Å². The van der Waals surface area contributed by atoms with Crippen molar-refractivity contribution in [3.05, 3.63) is 57.7 Å². The highest BCUT2D eigenvalue weighted by Crippen LogP contribution is 2.23. The van der Waals surface area contributed by atoms with Gasteiger partial charge in [0.25, 0.3) is 0 Å². The third kappa shape index (κ3) is 4.08. The van der Waals surface area contributed by atoms with E-state index in [0.29, 0.717) is 15.9 Å². The van der Waals surface area contributed by atoms with Crippen LogP contribution in [0.4, 0.5) is 5.82 Å². The van der Waals surface area contributed by atoms with Crippen molar-refractivity contribution >= 4 is 29.0 Å². The summed E-state index contributed by atoms with van der Waals surface area (Å²) in [5, 5.41) is 1.10. The van der Waals surface area contributed by atoms with Crippen LogP contribution < -0.4 is 17.0 Å². The number of rotatable bonds is 5. The van der Waals surface area contributed by atoms with Gasteiger partial charge in [0, 0.05) is 12.2 Å². The molecule has 106 valence electrons. The van der Waals surface area contributed by atoms with Crippen molar-refractivity contribution in [2.45, 2.75) is 18.9 Å². The molecule has 20 heavy (non-hydrogen) atoms. The summed E-state index contributed by atoms with van der Waals surface area (Å²) >= 11 is 11.9. The normalized spacial score (nSPS) is 12.3. The molecule has 2 aromatic rings. The number of nitrogen functional groups attached to an aromatic ring is 1. The molecule has 0 saturated carbocycles. The van der Waals surface area contributed by atoms with E-state index in [9.17, 15) is 0 Å². The molecule has 1 aromatic heterocycles. The fourth-order valence-corrected chi connectivity index (χ4v) is 2.37. The zero-order chi connectivity index (χ0) is 14.5. The van der Waals surface area contributed by atoms with Crippen molar-refractivity contribution in [3.63, 3.8) is 0 Å². The molecule has 0 spiro atoms. The summed E-state index contributed by atoms with van der Waals surface area (Å²) < 4.78 is 0. The van der Waals surface area contributed by atoms with E-state index in [2.05, 4.69) is 10.4 Å². The topological polar surface area (TPSA) is 77.0 Å². The highest BCUT2D eigenvalue weighted by atomic mass is 35.5. The van der Waals surface area contributed by atoms with Crippen LogP contribution in [0.15, 0.2) is 36.5 Å². The Labute approximate surface area is 128 Å². The maximum Gasteiger partial charge on any atom is 0.123 e. The Kier molecular flexibility index (Phi) is 5.20. The van der Waals surface area contributed by atoms with Gasteiger partial charge in [-0.1, -0.05) is 29.3 Å². The number of benzene rings is 1. The van der Waals surface area contributed by atoms with E-state index in [1.54, 1.807) is 12.3 Å². The molecular weight excluding hydrogens is 295 g/mol. The van der Waals surface area contributed by atoms with E-state index >= 15 is 0 Å². The van der Waals surface area contributed by atoms with Crippen molar-refractivity contribution < 1.29 is 0 Å². The predicted molar refractivity (Wildman–Crippen MR) is 83.6 cm³/mol. The number of aromatic nitrogens is 1. The molecule has 0 bridgehead atoms. The number of nitrogens with zero attached hydrogens (tertiary/aromatic N) is 1. The van der Waals surface area contributed by atoms with Crippen LogP contribution in [-0.2, 0) is 12.8 Å². The number of nitrogens with two attached hydrogens (primary N) is 2. The number of hydrogen-bond acceptors (Lipinski definition) is 4. The quantitative estimate of drug-likeness (QED) is 0.586. The fraction of sp³-hybridized carbons (Fsp3) is 0.214. The minimum absolute atomic E-state index is 0.0778. The number of nitrogens with one attached hydrogen (secondary N) is 1. The number of hydrazine groups is 1. The third-order valence-corrected chi connectivity index (χ3v) is 3.77. The van der Waals surface area contributed by atoms with Gasteiger partial charge < -0.3 is 5.73 Å². The number of pyridine rings is 1. The van der Waals surface area contributed by atoms with E-state index in [0.717, 1.165) is 24.0 Å². The zero-order valence-electron chi connectivity index (χ0n) is 10.8. The first-order valence-corrected chi connectivity index (χ1v) is 6.94. The monoisotopic (exact) mass is 310 g/mol. The summed E-state index contributed by atoms with van der Waals surface area (Å²) in [5.41, 5.74) is 10.6. The summed E-state index contributed by atoms with van der Waals surface area (Å²) in [6.45, 7) is 0. The lowest BCUT2D eigenvalue weighted by Gasteiger charge is -2.16. The lowest BCUT2D eigenvalue weighted by Crippen LogP contribution is -2.38. The van der Waals surface area contributed by atoms with E-state index in [4.69, 9.17) is 34.8 Å². The van der Waals surface area contributed by atoms with Crippen molar-refractivity contribution in [2.75, 3.05) is 5.73 Å². The molecule has 0 aliphatic carbocycles. The highest BCUT2D eigenvalue weighted by Gasteiger charge is 2.10. The lowest BCUT2D eigenvalue weighted by atomic mass is 10.00. The molecule has 0 amide bonds. The van der Waals surface area contributed by atoms with Crippen molar-refractivity contribution in [2.24, 2.45) is 5.84 Å². The molecular formula is C14H16Cl2N4. The Morgan fingerprint density at radius 2 is 1.75 bits per heavy atom. The molecule has 0 aliphatic rings. The summed E-state index contributed by atoms with van der Waals surface area (Å²) in [5.74, 6) is 6.13. The predicted octanol–water partition coefficient (Wildman–Crippen LogP) is 2.59. The smallest absolute Gasteiger partial charge is 0.123 e. The summed E-state index contributed by atoms with van der Waals surface area (Å²) in [4.78, 5) is 3.97. The standard InChI is InChI=1S/C14H16Cl2N4/c15-12-2-1-9(7-13(12)16)5-11(20-18)6-10-3-4-19-14(17)8-10/h1-4,7-8,11,20H,5-6,18H2,(H2,17,19). The molecule has 4 nitrogen and oxygen atoms in total. The molecule has 1 aromatic carbocycles. The minimum Gasteiger partial charge on any atom is -0.384 e. The third-order valence-electron chi connectivity index (χ3n) is 3.03. The van der Waals surface area contributed by atoms with Gasteiger partial charge in [-0.3, -0.25) is 11.3 Å². The summed E-state index contributed by atoms with van der Waals surface area (Å²) in [6.07, 6.45) is 3.19.